The topological polar surface area (TPSA) is 75.7 Å². The lowest BCUT2D eigenvalue weighted by Gasteiger charge is -2.29. The summed E-state index contributed by atoms with van der Waals surface area (Å²) in [4.78, 5) is 14.5. The number of carbonyl (C=O) groups excluding carboxylic acids is 1. The van der Waals surface area contributed by atoms with E-state index in [0.717, 1.165) is 23.8 Å². The van der Waals surface area contributed by atoms with Gasteiger partial charge in [-0.05, 0) is 36.6 Å². The first-order valence-corrected chi connectivity index (χ1v) is 10.7. The van der Waals surface area contributed by atoms with Crippen molar-refractivity contribution in [3.8, 4) is 5.75 Å². The Bertz CT molecular complexity index is 836. The summed E-state index contributed by atoms with van der Waals surface area (Å²) in [7, 11) is -3.55. The van der Waals surface area contributed by atoms with Gasteiger partial charge in [-0.25, -0.2) is 4.79 Å². The Kier molecular flexibility index (Phi) is 7.24. The Hall–Kier alpha value is -2.54. The van der Waals surface area contributed by atoms with Crippen molar-refractivity contribution in [1.82, 2.24) is 10.2 Å². The van der Waals surface area contributed by atoms with Crippen LogP contribution in [0.5, 0.6) is 5.75 Å². The summed E-state index contributed by atoms with van der Waals surface area (Å²) in [6.45, 7) is 4.93. The molecule has 1 atom stereocenters. The summed E-state index contributed by atoms with van der Waals surface area (Å²) >= 11 is 0. The molecule has 1 N–H and O–H groups in total. The van der Waals surface area contributed by atoms with Gasteiger partial charge in [0.15, 0.2) is 0 Å². The van der Waals surface area contributed by atoms with Crippen molar-refractivity contribution >= 4 is 16.1 Å². The molecule has 0 spiro atoms. The summed E-state index contributed by atoms with van der Waals surface area (Å²) in [5.41, 5.74) is 1.93. The summed E-state index contributed by atoms with van der Waals surface area (Å²) in [5, 5.41) is 2.96. The van der Waals surface area contributed by atoms with E-state index in [4.69, 9.17) is 4.18 Å². The highest BCUT2D eigenvalue weighted by atomic mass is 32.2. The van der Waals surface area contributed by atoms with Crippen LogP contribution in [0.3, 0.4) is 0 Å². The molecule has 0 aromatic heterocycles. The summed E-state index contributed by atoms with van der Waals surface area (Å²) < 4.78 is 27.2. The maximum Gasteiger partial charge on any atom is 0.318 e. The number of amides is 2. The first-order valence-electron chi connectivity index (χ1n) is 8.85. The second-order valence-electron chi connectivity index (χ2n) is 6.46. The largest absolute Gasteiger partial charge is 0.383 e. The standard InChI is InChI=1S/C20H26N2O4S/c1-4-16(2)22(20(23)21-14-17-8-6-5-7-9-17)15-18-10-12-19(13-11-18)26-27(3,24)25/h5-13,16H,4,14-15H2,1-3H3,(H,21,23). The zero-order valence-electron chi connectivity index (χ0n) is 15.9. The number of hydrogen-bond donors (Lipinski definition) is 1. The van der Waals surface area contributed by atoms with Crippen LogP contribution in [-0.4, -0.2) is 31.6 Å². The van der Waals surface area contributed by atoms with Crippen LogP contribution < -0.4 is 9.50 Å². The number of nitrogens with zero attached hydrogens (tertiary/aromatic N) is 1. The van der Waals surface area contributed by atoms with Crippen molar-refractivity contribution in [3.05, 3.63) is 65.7 Å². The van der Waals surface area contributed by atoms with Crippen molar-refractivity contribution in [2.75, 3.05) is 6.26 Å². The third kappa shape index (κ3) is 6.94. The number of benzene rings is 2. The van der Waals surface area contributed by atoms with Gasteiger partial charge in [0, 0.05) is 19.1 Å². The molecular formula is C20H26N2O4S. The monoisotopic (exact) mass is 390 g/mol. The van der Waals surface area contributed by atoms with E-state index in [1.807, 2.05) is 44.2 Å². The average molecular weight is 391 g/mol. The van der Waals surface area contributed by atoms with Crippen molar-refractivity contribution in [1.29, 1.82) is 0 Å². The normalized spacial score (nSPS) is 12.3. The van der Waals surface area contributed by atoms with Crippen LogP contribution in [0.4, 0.5) is 4.79 Å². The molecule has 2 amide bonds. The number of nitrogens with one attached hydrogen (secondary N) is 1. The van der Waals surface area contributed by atoms with E-state index in [9.17, 15) is 13.2 Å². The zero-order valence-corrected chi connectivity index (χ0v) is 16.7. The van der Waals surface area contributed by atoms with E-state index < -0.39 is 10.1 Å². The molecule has 0 aliphatic carbocycles. The SMILES string of the molecule is CCC(C)N(Cc1ccc(OS(C)(=O)=O)cc1)C(=O)NCc1ccccc1. The second-order valence-corrected chi connectivity index (χ2v) is 8.04. The maximum absolute atomic E-state index is 12.7. The van der Waals surface area contributed by atoms with Crippen molar-refractivity contribution in [3.63, 3.8) is 0 Å². The smallest absolute Gasteiger partial charge is 0.318 e. The van der Waals surface area contributed by atoms with Gasteiger partial charge in [0.2, 0.25) is 0 Å². The van der Waals surface area contributed by atoms with Crippen molar-refractivity contribution < 1.29 is 17.4 Å². The first kappa shape index (κ1) is 20.8. The highest BCUT2D eigenvalue weighted by Gasteiger charge is 2.19. The molecular weight excluding hydrogens is 364 g/mol. The van der Waals surface area contributed by atoms with E-state index in [1.54, 1.807) is 29.2 Å². The molecule has 6 nitrogen and oxygen atoms in total. The molecule has 0 aliphatic heterocycles. The molecule has 2 rings (SSSR count). The van der Waals surface area contributed by atoms with E-state index in [0.29, 0.717) is 13.1 Å². The molecule has 2 aromatic carbocycles. The fraction of sp³-hybridized carbons (Fsp3) is 0.350. The Morgan fingerprint density at radius 3 is 2.26 bits per heavy atom. The van der Waals surface area contributed by atoms with Crippen LogP contribution in [-0.2, 0) is 23.2 Å². The Balaban J connectivity index is 2.04. The zero-order chi connectivity index (χ0) is 19.9. The minimum atomic E-state index is -3.55. The van der Waals surface area contributed by atoms with Crippen LogP contribution in [0.2, 0.25) is 0 Å². The third-order valence-electron chi connectivity index (χ3n) is 4.19. The van der Waals surface area contributed by atoms with Crippen LogP contribution in [0.25, 0.3) is 0 Å². The molecule has 0 heterocycles. The fourth-order valence-electron chi connectivity index (χ4n) is 2.55. The van der Waals surface area contributed by atoms with Crippen molar-refractivity contribution in [2.24, 2.45) is 0 Å². The van der Waals surface area contributed by atoms with E-state index >= 15 is 0 Å². The first-order chi connectivity index (χ1) is 12.8. The lowest BCUT2D eigenvalue weighted by Crippen LogP contribution is -2.44. The van der Waals surface area contributed by atoms with E-state index in [1.165, 1.54) is 0 Å². The van der Waals surface area contributed by atoms with Crippen LogP contribution in [0.1, 0.15) is 31.4 Å². The number of hydrogen-bond acceptors (Lipinski definition) is 4. The second kappa shape index (κ2) is 9.41. The lowest BCUT2D eigenvalue weighted by molar-refractivity contribution is 0.173. The average Bonchev–Trinajstić information content (AvgIpc) is 2.64. The van der Waals surface area contributed by atoms with Crippen LogP contribution in [0.15, 0.2) is 54.6 Å². The van der Waals surface area contributed by atoms with E-state index in [2.05, 4.69) is 5.32 Å². The molecule has 27 heavy (non-hydrogen) atoms. The van der Waals surface area contributed by atoms with Crippen LogP contribution >= 0.6 is 0 Å². The van der Waals surface area contributed by atoms with Gasteiger partial charge < -0.3 is 14.4 Å². The third-order valence-corrected chi connectivity index (χ3v) is 4.69. The molecule has 0 aliphatic rings. The quantitative estimate of drug-likeness (QED) is 0.700. The predicted octanol–water partition coefficient (Wildman–Crippen LogP) is 3.54. The molecule has 0 radical (unpaired) electrons. The summed E-state index contributed by atoms with van der Waals surface area (Å²) in [6.07, 6.45) is 1.83. The van der Waals surface area contributed by atoms with Gasteiger partial charge in [-0.2, -0.15) is 8.42 Å². The summed E-state index contributed by atoms with van der Waals surface area (Å²) in [6, 6.07) is 16.4. The maximum atomic E-state index is 12.7. The van der Waals surface area contributed by atoms with E-state index in [-0.39, 0.29) is 17.8 Å². The number of urea groups is 1. The highest BCUT2D eigenvalue weighted by molar-refractivity contribution is 7.86. The lowest BCUT2D eigenvalue weighted by atomic mass is 10.1. The van der Waals surface area contributed by atoms with Gasteiger partial charge in [0.1, 0.15) is 5.75 Å². The molecule has 1 unspecified atom stereocenters. The predicted molar refractivity (Wildman–Crippen MR) is 106 cm³/mol. The number of rotatable bonds is 8. The molecule has 0 saturated carbocycles. The number of carbonyl (C=O) groups is 1. The Morgan fingerprint density at radius 2 is 1.70 bits per heavy atom. The van der Waals surface area contributed by atoms with Gasteiger partial charge in [0.25, 0.3) is 0 Å². The van der Waals surface area contributed by atoms with Crippen molar-refractivity contribution in [2.45, 2.75) is 39.4 Å². The highest BCUT2D eigenvalue weighted by Crippen LogP contribution is 2.17. The van der Waals surface area contributed by atoms with Gasteiger partial charge in [0.05, 0.1) is 6.26 Å². The fourth-order valence-corrected chi connectivity index (χ4v) is 3.01. The minimum absolute atomic E-state index is 0.0627. The van der Waals surface area contributed by atoms with Crippen LogP contribution in [0, 0.1) is 0 Å². The molecule has 146 valence electrons. The Labute approximate surface area is 161 Å². The summed E-state index contributed by atoms with van der Waals surface area (Å²) in [5.74, 6) is 0.255. The molecule has 0 bridgehead atoms. The molecule has 2 aromatic rings. The van der Waals surface area contributed by atoms with Gasteiger partial charge in [-0.1, -0.05) is 49.4 Å². The van der Waals surface area contributed by atoms with Gasteiger partial charge in [-0.3, -0.25) is 0 Å². The minimum Gasteiger partial charge on any atom is -0.383 e. The molecule has 0 saturated heterocycles. The molecule has 0 fully saturated rings. The molecule has 7 heteroatoms. The Morgan fingerprint density at radius 1 is 1.07 bits per heavy atom. The van der Waals surface area contributed by atoms with Gasteiger partial charge in [-0.15, -0.1) is 0 Å². The van der Waals surface area contributed by atoms with Gasteiger partial charge >= 0.3 is 16.1 Å².